The Bertz CT molecular complexity index is 557. The molecule has 0 radical (unpaired) electrons. The second kappa shape index (κ2) is 5.59. The Balaban J connectivity index is 1.96. The molecular formula is C12H11FN2O2S. The van der Waals surface area contributed by atoms with Crippen LogP contribution in [0.5, 0.6) is 0 Å². The van der Waals surface area contributed by atoms with Gasteiger partial charge in [0.1, 0.15) is 10.8 Å². The van der Waals surface area contributed by atoms with E-state index in [4.69, 9.17) is 5.11 Å². The monoisotopic (exact) mass is 266 g/mol. The van der Waals surface area contributed by atoms with Crippen LogP contribution in [0.2, 0.25) is 0 Å². The van der Waals surface area contributed by atoms with Gasteiger partial charge in [-0.2, -0.15) is 0 Å². The van der Waals surface area contributed by atoms with Gasteiger partial charge in [0.05, 0.1) is 24.3 Å². The molecule has 0 aliphatic heterocycles. The number of benzene rings is 1. The Morgan fingerprint density at radius 3 is 2.94 bits per heavy atom. The van der Waals surface area contributed by atoms with Gasteiger partial charge in [-0.3, -0.25) is 4.79 Å². The lowest BCUT2D eigenvalue weighted by Gasteiger charge is -2.04. The van der Waals surface area contributed by atoms with Crippen molar-refractivity contribution in [3.05, 3.63) is 46.2 Å². The highest BCUT2D eigenvalue weighted by molar-refractivity contribution is 7.09. The van der Waals surface area contributed by atoms with E-state index in [1.54, 1.807) is 23.6 Å². The van der Waals surface area contributed by atoms with Gasteiger partial charge in [-0.1, -0.05) is 12.1 Å². The highest BCUT2D eigenvalue weighted by Crippen LogP contribution is 2.16. The zero-order valence-corrected chi connectivity index (χ0v) is 10.2. The standard InChI is InChI=1S/C12H11FN2O2S/c13-9-3-1-2-4-10(9)14-6-11-15-8(7-18-11)5-12(16)17/h1-4,7,14H,5-6H2,(H,16,17). The number of nitrogens with one attached hydrogen (secondary N) is 1. The van der Waals surface area contributed by atoms with Crippen LogP contribution >= 0.6 is 11.3 Å². The van der Waals surface area contributed by atoms with E-state index in [0.717, 1.165) is 5.01 Å². The normalized spacial score (nSPS) is 10.3. The van der Waals surface area contributed by atoms with Crippen molar-refractivity contribution < 1.29 is 14.3 Å². The molecule has 0 fully saturated rings. The van der Waals surface area contributed by atoms with Crippen molar-refractivity contribution in [1.82, 2.24) is 4.98 Å². The molecule has 2 aromatic rings. The molecule has 94 valence electrons. The van der Waals surface area contributed by atoms with Gasteiger partial charge in [-0.05, 0) is 12.1 Å². The third-order valence-electron chi connectivity index (χ3n) is 2.24. The Morgan fingerprint density at radius 2 is 2.22 bits per heavy atom. The quantitative estimate of drug-likeness (QED) is 0.873. The van der Waals surface area contributed by atoms with E-state index in [9.17, 15) is 9.18 Å². The van der Waals surface area contributed by atoms with Crippen molar-refractivity contribution in [1.29, 1.82) is 0 Å². The van der Waals surface area contributed by atoms with Crippen LogP contribution < -0.4 is 5.32 Å². The molecule has 2 N–H and O–H groups in total. The number of halogens is 1. The molecule has 0 amide bonds. The molecule has 0 atom stereocenters. The van der Waals surface area contributed by atoms with E-state index in [1.807, 2.05) is 0 Å². The van der Waals surface area contributed by atoms with E-state index in [-0.39, 0.29) is 12.2 Å². The SMILES string of the molecule is O=C(O)Cc1csc(CNc2ccccc2F)n1. The summed E-state index contributed by atoms with van der Waals surface area (Å²) in [5, 5.41) is 14.0. The van der Waals surface area contributed by atoms with Crippen molar-refractivity contribution in [2.75, 3.05) is 5.32 Å². The van der Waals surface area contributed by atoms with Crippen LogP contribution in [0.1, 0.15) is 10.7 Å². The number of anilines is 1. The molecule has 0 aliphatic carbocycles. The van der Waals surface area contributed by atoms with Crippen molar-refractivity contribution in [3.8, 4) is 0 Å². The number of thiazole rings is 1. The summed E-state index contributed by atoms with van der Waals surface area (Å²) in [6.07, 6.45) is -0.0871. The Labute approximate surface area is 107 Å². The molecule has 2 rings (SSSR count). The summed E-state index contributed by atoms with van der Waals surface area (Å²) in [7, 11) is 0. The molecule has 0 bridgehead atoms. The van der Waals surface area contributed by atoms with Crippen LogP contribution in [-0.4, -0.2) is 16.1 Å². The van der Waals surface area contributed by atoms with Gasteiger partial charge in [-0.25, -0.2) is 9.37 Å². The van der Waals surface area contributed by atoms with Crippen LogP contribution in [0, 0.1) is 5.82 Å². The minimum absolute atomic E-state index is 0.0871. The smallest absolute Gasteiger partial charge is 0.309 e. The van der Waals surface area contributed by atoms with Crippen molar-refractivity contribution in [3.63, 3.8) is 0 Å². The topological polar surface area (TPSA) is 62.2 Å². The number of carboxylic acids is 1. The van der Waals surface area contributed by atoms with Gasteiger partial charge in [0.15, 0.2) is 0 Å². The van der Waals surface area contributed by atoms with Gasteiger partial charge in [0.25, 0.3) is 0 Å². The van der Waals surface area contributed by atoms with E-state index < -0.39 is 5.97 Å². The summed E-state index contributed by atoms with van der Waals surface area (Å²) in [6.45, 7) is 0.380. The lowest BCUT2D eigenvalue weighted by molar-refractivity contribution is -0.136. The predicted octanol–water partition coefficient (Wildman–Crippen LogP) is 2.52. The average molecular weight is 266 g/mol. The van der Waals surface area contributed by atoms with Crippen molar-refractivity contribution in [2.24, 2.45) is 0 Å². The Hall–Kier alpha value is -1.95. The van der Waals surface area contributed by atoms with Crippen LogP contribution in [0.25, 0.3) is 0 Å². The van der Waals surface area contributed by atoms with E-state index >= 15 is 0 Å². The molecule has 0 saturated carbocycles. The van der Waals surface area contributed by atoms with E-state index in [1.165, 1.54) is 17.4 Å². The zero-order chi connectivity index (χ0) is 13.0. The third kappa shape index (κ3) is 3.27. The number of hydrogen-bond acceptors (Lipinski definition) is 4. The fraction of sp³-hybridized carbons (Fsp3) is 0.167. The van der Waals surface area contributed by atoms with Gasteiger partial charge >= 0.3 is 5.97 Å². The maximum absolute atomic E-state index is 13.3. The number of aromatic nitrogens is 1. The summed E-state index contributed by atoms with van der Waals surface area (Å²) in [6, 6.07) is 6.37. The van der Waals surface area contributed by atoms with Crippen LogP contribution in [0.15, 0.2) is 29.6 Å². The van der Waals surface area contributed by atoms with Crippen LogP contribution in [0.3, 0.4) is 0 Å². The van der Waals surface area contributed by atoms with Crippen LogP contribution in [-0.2, 0) is 17.8 Å². The first-order chi connectivity index (χ1) is 8.65. The van der Waals surface area contributed by atoms with Crippen molar-refractivity contribution in [2.45, 2.75) is 13.0 Å². The largest absolute Gasteiger partial charge is 0.481 e. The minimum Gasteiger partial charge on any atom is -0.481 e. The molecule has 0 spiro atoms. The second-order valence-electron chi connectivity index (χ2n) is 3.64. The summed E-state index contributed by atoms with van der Waals surface area (Å²) in [5.41, 5.74) is 0.935. The highest BCUT2D eigenvalue weighted by Gasteiger charge is 2.06. The number of hydrogen-bond donors (Lipinski definition) is 2. The fourth-order valence-electron chi connectivity index (χ4n) is 1.44. The molecule has 6 heteroatoms. The Kier molecular flexibility index (Phi) is 3.88. The molecule has 1 aromatic heterocycles. The lowest BCUT2D eigenvalue weighted by atomic mass is 10.3. The molecule has 0 aliphatic rings. The first kappa shape index (κ1) is 12.5. The molecule has 4 nitrogen and oxygen atoms in total. The van der Waals surface area contributed by atoms with Gasteiger partial charge in [-0.15, -0.1) is 11.3 Å². The lowest BCUT2D eigenvalue weighted by Crippen LogP contribution is -2.03. The van der Waals surface area contributed by atoms with Gasteiger partial charge in [0, 0.05) is 5.38 Å². The first-order valence-corrected chi connectivity index (χ1v) is 6.16. The number of nitrogens with zero attached hydrogens (tertiary/aromatic N) is 1. The summed E-state index contributed by atoms with van der Waals surface area (Å²) >= 11 is 1.36. The van der Waals surface area contributed by atoms with E-state index in [2.05, 4.69) is 10.3 Å². The number of para-hydroxylation sites is 1. The fourth-order valence-corrected chi connectivity index (χ4v) is 2.18. The Morgan fingerprint density at radius 1 is 1.44 bits per heavy atom. The summed E-state index contributed by atoms with van der Waals surface area (Å²) in [5.74, 6) is -1.23. The van der Waals surface area contributed by atoms with Gasteiger partial charge in [0.2, 0.25) is 0 Å². The number of aliphatic carboxylic acids is 1. The number of rotatable bonds is 5. The highest BCUT2D eigenvalue weighted by atomic mass is 32.1. The third-order valence-corrected chi connectivity index (χ3v) is 3.13. The van der Waals surface area contributed by atoms with Crippen molar-refractivity contribution >= 4 is 23.0 Å². The maximum atomic E-state index is 13.3. The predicted molar refractivity (Wildman–Crippen MR) is 67.2 cm³/mol. The van der Waals surface area contributed by atoms with Gasteiger partial charge < -0.3 is 10.4 Å². The second-order valence-corrected chi connectivity index (χ2v) is 4.58. The summed E-state index contributed by atoms with van der Waals surface area (Å²) in [4.78, 5) is 14.6. The molecule has 1 aromatic carbocycles. The molecule has 0 unspecified atom stereocenters. The number of carbonyl (C=O) groups is 1. The summed E-state index contributed by atoms with van der Waals surface area (Å²) < 4.78 is 13.3. The zero-order valence-electron chi connectivity index (χ0n) is 9.39. The molecule has 18 heavy (non-hydrogen) atoms. The minimum atomic E-state index is -0.908. The van der Waals surface area contributed by atoms with E-state index in [0.29, 0.717) is 17.9 Å². The average Bonchev–Trinajstić information content (AvgIpc) is 2.75. The number of carboxylic acid groups (broad SMARTS) is 1. The molecule has 0 saturated heterocycles. The molecular weight excluding hydrogens is 255 g/mol. The maximum Gasteiger partial charge on any atom is 0.309 e. The first-order valence-electron chi connectivity index (χ1n) is 5.28. The molecule has 1 heterocycles. The van der Waals surface area contributed by atoms with Crippen LogP contribution in [0.4, 0.5) is 10.1 Å².